The van der Waals surface area contributed by atoms with Gasteiger partial charge in [-0.3, -0.25) is 10.1 Å². The van der Waals surface area contributed by atoms with E-state index in [1.54, 1.807) is 20.9 Å². The van der Waals surface area contributed by atoms with Crippen LogP contribution in [0.4, 0.5) is 15.8 Å². The maximum Gasteiger partial charge on any atom is 0.697 e. The molecule has 1 aromatic carbocycles. The minimum Gasteiger partial charge on any atom is -0.383 e. The van der Waals surface area contributed by atoms with E-state index in [0.717, 1.165) is 6.07 Å². The molecule has 20 heavy (non-hydrogen) atoms. The number of hydrogen-bond donors (Lipinski definition) is 1. The zero-order valence-corrected chi connectivity index (χ0v) is 12.4. The molecule has 0 amide bonds. The highest BCUT2D eigenvalue weighted by Crippen LogP contribution is 2.24. The van der Waals surface area contributed by atoms with Crippen molar-refractivity contribution in [1.29, 1.82) is 0 Å². The fourth-order valence-electron chi connectivity index (χ4n) is 1.12. The second kappa shape index (κ2) is 10.2. The molecule has 0 aliphatic carbocycles. The number of nitrogens with one attached hydrogen (secondary N) is 1. The lowest BCUT2D eigenvalue weighted by atomic mass is 10.2. The van der Waals surface area contributed by atoms with Gasteiger partial charge in [-0.15, -0.1) is 9.05 Å². The number of rotatable bonds is 6. The van der Waals surface area contributed by atoms with Crippen LogP contribution in [0.25, 0.3) is 0 Å². The topological polar surface area (TPSA) is 90.7 Å². The lowest BCUT2D eigenvalue weighted by Crippen LogP contribution is -1.96. The summed E-state index contributed by atoms with van der Waals surface area (Å²) in [4.78, 5) is 9.70. The van der Waals surface area contributed by atoms with Crippen LogP contribution >= 0.6 is 8.25 Å². The third-order valence-corrected chi connectivity index (χ3v) is 2.83. The Hall–Kier alpha value is -1.63. The van der Waals surface area contributed by atoms with Gasteiger partial charge >= 0.3 is 8.25 Å². The Morgan fingerprint density at radius 1 is 1.35 bits per heavy atom. The molecule has 1 N–H and O–H groups in total. The number of benzene rings is 1. The van der Waals surface area contributed by atoms with Gasteiger partial charge in [0.15, 0.2) is 0 Å². The molecule has 9 heteroatoms. The molecule has 0 radical (unpaired) electrons. The molecular formula is C11H17FN2O5P+. The maximum atomic E-state index is 12.5. The molecule has 112 valence electrons. The number of halogens is 1. The molecule has 1 rings (SSSR count). The normalized spacial score (nSPS) is 9.40. The lowest BCUT2D eigenvalue weighted by molar-refractivity contribution is -0.384. The lowest BCUT2D eigenvalue weighted by Gasteiger charge is -2.00. The van der Waals surface area contributed by atoms with E-state index in [4.69, 9.17) is 0 Å². The maximum absolute atomic E-state index is 12.5. The third-order valence-electron chi connectivity index (χ3n) is 1.89. The van der Waals surface area contributed by atoms with Gasteiger partial charge in [0, 0.05) is 11.6 Å². The molecule has 0 saturated heterocycles. The molecule has 0 aromatic heterocycles. The summed E-state index contributed by atoms with van der Waals surface area (Å²) in [6.45, 7) is 4.42. The van der Waals surface area contributed by atoms with Crippen LogP contribution in [0, 0.1) is 15.9 Å². The smallest absolute Gasteiger partial charge is 0.383 e. The number of nitro benzene ring substituents is 1. The highest BCUT2D eigenvalue weighted by atomic mass is 31.1. The van der Waals surface area contributed by atoms with Crippen molar-refractivity contribution in [3.05, 3.63) is 34.1 Å². The molecule has 0 unspecified atom stereocenters. The zero-order chi connectivity index (χ0) is 15.5. The molecule has 0 saturated carbocycles. The minimum atomic E-state index is -1.83. The van der Waals surface area contributed by atoms with Crippen LogP contribution in [0.2, 0.25) is 0 Å². The molecule has 0 bridgehead atoms. The van der Waals surface area contributed by atoms with E-state index < -0.39 is 19.0 Å². The molecule has 0 aliphatic heterocycles. The predicted octanol–water partition coefficient (Wildman–Crippen LogP) is 3.49. The average molecular weight is 307 g/mol. The molecule has 7 nitrogen and oxygen atoms in total. The summed E-state index contributed by atoms with van der Waals surface area (Å²) in [6.07, 6.45) is 0. The minimum absolute atomic E-state index is 0.252. The van der Waals surface area contributed by atoms with Crippen molar-refractivity contribution in [2.75, 3.05) is 25.6 Å². The number of nitro groups is 1. The van der Waals surface area contributed by atoms with E-state index in [1.807, 2.05) is 0 Å². The fraction of sp³-hybridized carbons (Fsp3) is 0.455. The second-order valence-electron chi connectivity index (χ2n) is 3.23. The van der Waals surface area contributed by atoms with Crippen molar-refractivity contribution >= 4 is 19.6 Å². The molecule has 0 heterocycles. The highest BCUT2D eigenvalue weighted by molar-refractivity contribution is 7.33. The Bertz CT molecular complexity index is 450. The van der Waals surface area contributed by atoms with Crippen LogP contribution in [-0.2, 0) is 13.6 Å². The van der Waals surface area contributed by atoms with E-state index >= 15 is 0 Å². The number of nitrogens with zero attached hydrogens (tertiary/aromatic N) is 1. The van der Waals surface area contributed by atoms with Crippen LogP contribution in [0.15, 0.2) is 18.2 Å². The van der Waals surface area contributed by atoms with Crippen LogP contribution in [0.3, 0.4) is 0 Å². The van der Waals surface area contributed by atoms with E-state index in [0.29, 0.717) is 18.9 Å². The van der Waals surface area contributed by atoms with Crippen molar-refractivity contribution in [3.63, 3.8) is 0 Å². The summed E-state index contributed by atoms with van der Waals surface area (Å²) in [5, 5.41) is 12.9. The average Bonchev–Trinajstić information content (AvgIpc) is 2.40. The van der Waals surface area contributed by atoms with Gasteiger partial charge in [0.05, 0.1) is 11.0 Å². The van der Waals surface area contributed by atoms with Gasteiger partial charge in [0.1, 0.15) is 24.7 Å². The Labute approximate surface area is 117 Å². The van der Waals surface area contributed by atoms with Gasteiger partial charge in [0.2, 0.25) is 0 Å². The van der Waals surface area contributed by atoms with Crippen molar-refractivity contribution in [1.82, 2.24) is 0 Å². The van der Waals surface area contributed by atoms with Gasteiger partial charge in [0.25, 0.3) is 5.69 Å². The predicted molar refractivity (Wildman–Crippen MR) is 73.5 cm³/mol. The third kappa shape index (κ3) is 7.08. The summed E-state index contributed by atoms with van der Waals surface area (Å²) < 4.78 is 32.0. The van der Waals surface area contributed by atoms with Gasteiger partial charge in [-0.1, -0.05) is 0 Å². The van der Waals surface area contributed by atoms with Crippen molar-refractivity contribution in [2.45, 2.75) is 13.8 Å². The van der Waals surface area contributed by atoms with Crippen molar-refractivity contribution in [3.8, 4) is 0 Å². The van der Waals surface area contributed by atoms with E-state index in [1.165, 1.54) is 12.1 Å². The molecule has 0 spiro atoms. The van der Waals surface area contributed by atoms with E-state index in [-0.39, 0.29) is 5.69 Å². The number of anilines is 1. The van der Waals surface area contributed by atoms with Crippen LogP contribution in [0.5, 0.6) is 0 Å². The van der Waals surface area contributed by atoms with E-state index in [9.17, 15) is 19.1 Å². The van der Waals surface area contributed by atoms with Crippen LogP contribution in [0.1, 0.15) is 13.8 Å². The summed E-state index contributed by atoms with van der Waals surface area (Å²) >= 11 is 0. The van der Waals surface area contributed by atoms with E-state index in [2.05, 4.69) is 14.4 Å². The van der Waals surface area contributed by atoms with Gasteiger partial charge in [-0.05, 0) is 26.0 Å². The standard InChI is InChI=1S/C7H7FN2O2.C4H10O3P/c1-9-6-3-2-5(8)4-7(6)10(11)12;1-3-6-8(5)7-4-2/h2-4,9H,1H3;3-4H2,1-2H3/q;+1. The zero-order valence-electron chi connectivity index (χ0n) is 11.5. The van der Waals surface area contributed by atoms with Crippen molar-refractivity contribution < 1.29 is 22.9 Å². The Morgan fingerprint density at radius 2 is 1.90 bits per heavy atom. The second-order valence-corrected chi connectivity index (χ2v) is 4.19. The van der Waals surface area contributed by atoms with Crippen LogP contribution in [-0.4, -0.2) is 25.2 Å². The molecule has 0 fully saturated rings. The Balaban J connectivity index is 0.000000396. The first-order valence-corrected chi connectivity index (χ1v) is 6.90. The first kappa shape index (κ1) is 18.4. The quantitative estimate of drug-likeness (QED) is 0.491. The Kier molecular flexibility index (Phi) is 9.36. The largest absolute Gasteiger partial charge is 0.697 e. The molecular weight excluding hydrogens is 290 g/mol. The SMILES string of the molecule is CCO[P+](=O)OCC.CNc1ccc(F)cc1[N+](=O)[O-]. The summed E-state index contributed by atoms with van der Waals surface area (Å²) in [7, 11) is -0.289. The van der Waals surface area contributed by atoms with Gasteiger partial charge in [-0.2, -0.15) is 0 Å². The van der Waals surface area contributed by atoms with Gasteiger partial charge < -0.3 is 5.32 Å². The molecule has 0 aliphatic rings. The molecule has 1 aromatic rings. The van der Waals surface area contributed by atoms with Crippen LogP contribution < -0.4 is 5.32 Å². The summed E-state index contributed by atoms with van der Waals surface area (Å²) in [5.74, 6) is -0.610. The first-order chi connectivity index (χ1) is 9.46. The number of hydrogen-bond acceptors (Lipinski definition) is 6. The van der Waals surface area contributed by atoms with Gasteiger partial charge in [-0.25, -0.2) is 4.39 Å². The highest BCUT2D eigenvalue weighted by Gasteiger charge is 2.15. The monoisotopic (exact) mass is 307 g/mol. The summed E-state index contributed by atoms with van der Waals surface area (Å²) in [5.41, 5.74) is 0.0545. The van der Waals surface area contributed by atoms with Crippen molar-refractivity contribution in [2.24, 2.45) is 0 Å². The first-order valence-electron chi connectivity index (χ1n) is 5.81. The molecule has 0 atom stereocenters. The Morgan fingerprint density at radius 3 is 2.30 bits per heavy atom. The fourth-order valence-corrected chi connectivity index (χ4v) is 1.61. The summed E-state index contributed by atoms with van der Waals surface area (Å²) in [6, 6.07) is 3.37.